The van der Waals surface area contributed by atoms with Crippen molar-refractivity contribution in [2.24, 2.45) is 5.92 Å². The zero-order valence-electron chi connectivity index (χ0n) is 19.1. The number of pyridine rings is 1. The van der Waals surface area contributed by atoms with Gasteiger partial charge in [-0.3, -0.25) is 4.98 Å². The van der Waals surface area contributed by atoms with E-state index in [2.05, 4.69) is 27.0 Å². The fraction of sp³-hybridized carbons (Fsp3) is 0.346. The highest BCUT2D eigenvalue weighted by Gasteiger charge is 2.23. The maximum atomic E-state index is 12.0. The third-order valence-corrected chi connectivity index (χ3v) is 6.50. The lowest BCUT2D eigenvalue weighted by atomic mass is 9.99. The first kappa shape index (κ1) is 23.2. The molecule has 1 saturated carbocycles. The Kier molecular flexibility index (Phi) is 6.89. The van der Waals surface area contributed by atoms with Crippen molar-refractivity contribution in [2.75, 3.05) is 25.0 Å². The summed E-state index contributed by atoms with van der Waals surface area (Å²) in [4.78, 5) is 16.5. The summed E-state index contributed by atoms with van der Waals surface area (Å²) in [7, 11) is 0. The average Bonchev–Trinajstić information content (AvgIpc) is 3.68. The van der Waals surface area contributed by atoms with E-state index < -0.39 is 0 Å². The molecule has 180 valence electrons. The van der Waals surface area contributed by atoms with Gasteiger partial charge in [0.1, 0.15) is 23.3 Å². The van der Waals surface area contributed by atoms with Crippen molar-refractivity contribution in [1.82, 2.24) is 15.6 Å². The van der Waals surface area contributed by atoms with Gasteiger partial charge >= 0.3 is 6.03 Å². The number of rotatable bonds is 7. The Bertz CT molecular complexity index is 1280. The number of amides is 2. The van der Waals surface area contributed by atoms with Crippen molar-refractivity contribution in [2.45, 2.75) is 31.7 Å². The van der Waals surface area contributed by atoms with E-state index in [-0.39, 0.29) is 12.1 Å². The maximum absolute atomic E-state index is 12.0. The summed E-state index contributed by atoms with van der Waals surface area (Å²) in [5.74, 6) is 2.05. The van der Waals surface area contributed by atoms with Crippen LogP contribution in [0.25, 0.3) is 10.9 Å². The summed E-state index contributed by atoms with van der Waals surface area (Å²) >= 11 is 6.38. The molecule has 1 saturated heterocycles. The predicted octanol–water partition coefficient (Wildman–Crippen LogP) is 5.21. The molecule has 2 aliphatic rings. The van der Waals surface area contributed by atoms with Gasteiger partial charge in [0, 0.05) is 29.8 Å². The molecular formula is C26H26ClN5O3. The molecule has 5 rings (SSSR count). The number of carbonyl (C=O) groups is 1. The van der Waals surface area contributed by atoms with Crippen LogP contribution in [0.5, 0.6) is 17.2 Å². The molecule has 0 unspecified atom stereocenters. The number of urea groups is 1. The van der Waals surface area contributed by atoms with Crippen molar-refractivity contribution in [1.29, 1.82) is 5.26 Å². The molecule has 1 aliphatic heterocycles. The monoisotopic (exact) mass is 491 g/mol. The van der Waals surface area contributed by atoms with Gasteiger partial charge in [0.2, 0.25) is 0 Å². The Hall–Kier alpha value is -3.54. The third-order valence-electron chi connectivity index (χ3n) is 6.19. The summed E-state index contributed by atoms with van der Waals surface area (Å²) in [5.41, 5.74) is 1.60. The van der Waals surface area contributed by atoms with Gasteiger partial charge in [-0.15, -0.1) is 0 Å². The number of halogens is 1. The van der Waals surface area contributed by atoms with Crippen LogP contribution in [0, 0.1) is 17.2 Å². The van der Waals surface area contributed by atoms with E-state index in [0.29, 0.717) is 56.9 Å². The van der Waals surface area contributed by atoms with E-state index in [1.54, 1.807) is 42.6 Å². The van der Waals surface area contributed by atoms with Crippen LogP contribution in [0.1, 0.15) is 31.2 Å². The number of hydrogen-bond acceptors (Lipinski definition) is 6. The second kappa shape index (κ2) is 10.4. The normalized spacial score (nSPS) is 15.9. The van der Waals surface area contributed by atoms with E-state index in [9.17, 15) is 10.1 Å². The minimum Gasteiger partial charge on any atom is -0.492 e. The molecule has 0 spiro atoms. The molecule has 3 aromatic rings. The second-order valence-corrected chi connectivity index (χ2v) is 9.31. The first-order chi connectivity index (χ1) is 17.1. The molecule has 0 atom stereocenters. The molecule has 1 aliphatic carbocycles. The summed E-state index contributed by atoms with van der Waals surface area (Å²) in [6.07, 6.45) is 5.79. The summed E-state index contributed by atoms with van der Waals surface area (Å²) in [5, 5.41) is 19.8. The summed E-state index contributed by atoms with van der Waals surface area (Å²) in [6.45, 7) is 2.57. The predicted molar refractivity (Wildman–Crippen MR) is 134 cm³/mol. The lowest BCUT2D eigenvalue weighted by molar-refractivity contribution is 0.215. The highest BCUT2D eigenvalue weighted by Crippen LogP contribution is 2.35. The number of ether oxygens (including phenoxy) is 2. The van der Waals surface area contributed by atoms with Gasteiger partial charge in [0.25, 0.3) is 0 Å². The number of nitriles is 1. The van der Waals surface area contributed by atoms with E-state index in [1.165, 1.54) is 0 Å². The van der Waals surface area contributed by atoms with Gasteiger partial charge < -0.3 is 25.4 Å². The van der Waals surface area contributed by atoms with Crippen molar-refractivity contribution in [3.05, 3.63) is 53.2 Å². The van der Waals surface area contributed by atoms with E-state index >= 15 is 0 Å². The Morgan fingerprint density at radius 3 is 2.71 bits per heavy atom. The fourth-order valence-corrected chi connectivity index (χ4v) is 4.28. The largest absolute Gasteiger partial charge is 0.492 e. The second-order valence-electron chi connectivity index (χ2n) is 8.91. The summed E-state index contributed by atoms with van der Waals surface area (Å²) in [6, 6.07) is 12.6. The van der Waals surface area contributed by atoms with Crippen LogP contribution in [0.4, 0.5) is 10.5 Å². The summed E-state index contributed by atoms with van der Waals surface area (Å²) < 4.78 is 12.1. The molecular weight excluding hydrogens is 466 g/mol. The van der Waals surface area contributed by atoms with Crippen LogP contribution in [0.3, 0.4) is 0 Å². The van der Waals surface area contributed by atoms with Crippen LogP contribution in [-0.4, -0.2) is 36.8 Å². The van der Waals surface area contributed by atoms with Gasteiger partial charge in [-0.1, -0.05) is 11.6 Å². The molecule has 2 aromatic carbocycles. The smallest absolute Gasteiger partial charge is 0.319 e. The molecule has 8 nitrogen and oxygen atoms in total. The zero-order chi connectivity index (χ0) is 24.2. The Morgan fingerprint density at radius 2 is 1.97 bits per heavy atom. The first-order valence-corrected chi connectivity index (χ1v) is 12.2. The lowest BCUT2D eigenvalue weighted by Gasteiger charge is -2.23. The minimum atomic E-state index is -0.273. The zero-order valence-corrected chi connectivity index (χ0v) is 19.9. The molecule has 0 bridgehead atoms. The molecule has 0 radical (unpaired) electrons. The highest BCUT2D eigenvalue weighted by atomic mass is 35.5. The average molecular weight is 492 g/mol. The number of hydrogen-bond donors (Lipinski definition) is 3. The fourth-order valence-electron chi connectivity index (χ4n) is 4.06. The van der Waals surface area contributed by atoms with Crippen LogP contribution in [0.2, 0.25) is 5.02 Å². The van der Waals surface area contributed by atoms with E-state index in [1.807, 2.05) is 0 Å². The van der Waals surface area contributed by atoms with Gasteiger partial charge in [-0.2, -0.15) is 5.26 Å². The minimum absolute atomic E-state index is 0.255. The first-order valence-electron chi connectivity index (χ1n) is 11.8. The van der Waals surface area contributed by atoms with Crippen molar-refractivity contribution < 1.29 is 14.3 Å². The SMILES string of the molecule is N#Cc1cc2c(Oc3ccc(NC(=O)NC4CC4)c(Cl)c3)ccnc2cc1OCC1CCNCC1. The molecule has 9 heteroatoms. The Morgan fingerprint density at radius 1 is 1.14 bits per heavy atom. The van der Waals surface area contributed by atoms with Gasteiger partial charge in [0.15, 0.2) is 0 Å². The number of benzene rings is 2. The van der Waals surface area contributed by atoms with Crippen molar-refractivity contribution in [3.63, 3.8) is 0 Å². The van der Waals surface area contributed by atoms with Crippen LogP contribution in [-0.2, 0) is 0 Å². The molecule has 35 heavy (non-hydrogen) atoms. The van der Waals surface area contributed by atoms with Crippen molar-refractivity contribution >= 4 is 34.2 Å². The molecule has 2 heterocycles. The van der Waals surface area contributed by atoms with Crippen LogP contribution >= 0.6 is 11.6 Å². The molecule has 2 fully saturated rings. The third kappa shape index (κ3) is 5.76. The number of piperidine rings is 1. The number of carbonyl (C=O) groups excluding carboxylic acids is 1. The maximum Gasteiger partial charge on any atom is 0.319 e. The number of fused-ring (bicyclic) bond motifs is 1. The van der Waals surface area contributed by atoms with E-state index in [4.69, 9.17) is 21.1 Å². The van der Waals surface area contributed by atoms with Crippen LogP contribution < -0.4 is 25.4 Å². The Labute approximate surface area is 208 Å². The van der Waals surface area contributed by atoms with Gasteiger partial charge in [0.05, 0.1) is 28.4 Å². The van der Waals surface area contributed by atoms with Gasteiger partial charge in [-0.05, 0) is 69.0 Å². The van der Waals surface area contributed by atoms with Crippen LogP contribution in [0.15, 0.2) is 42.6 Å². The lowest BCUT2D eigenvalue weighted by Crippen LogP contribution is -2.30. The molecule has 2 amide bonds. The number of anilines is 1. The van der Waals surface area contributed by atoms with E-state index in [0.717, 1.165) is 38.8 Å². The number of nitrogens with one attached hydrogen (secondary N) is 3. The number of aromatic nitrogens is 1. The standard InChI is InChI=1S/C26H26ClN5O3/c27-21-12-19(3-4-22(21)32-26(33)31-18-1-2-18)35-24-7-10-30-23-13-25(17(14-28)11-20(23)24)34-15-16-5-8-29-9-6-16/h3-4,7,10-13,16,18,29H,1-2,5-6,8-9,15H2,(H2,31,32,33). The quantitative estimate of drug-likeness (QED) is 0.418. The molecule has 3 N–H and O–H groups in total. The molecule has 1 aromatic heterocycles. The highest BCUT2D eigenvalue weighted by molar-refractivity contribution is 6.33. The van der Waals surface area contributed by atoms with Crippen molar-refractivity contribution in [3.8, 4) is 23.3 Å². The van der Waals surface area contributed by atoms with Gasteiger partial charge in [-0.25, -0.2) is 4.79 Å². The topological polar surface area (TPSA) is 108 Å². The Balaban J connectivity index is 1.33. The number of nitrogens with zero attached hydrogens (tertiary/aromatic N) is 2.